The lowest BCUT2D eigenvalue weighted by molar-refractivity contribution is -0.142. The minimum Gasteiger partial charge on any atom is -0.360 e. The first-order chi connectivity index (χ1) is 14.0. The van der Waals surface area contributed by atoms with E-state index >= 15 is 0 Å². The number of benzene rings is 1. The minimum atomic E-state index is -0.673. The number of rotatable bonds is 5. The number of thiazole rings is 1. The number of carbonyl (C=O) groups is 2. The largest absolute Gasteiger partial charge is 0.360 e. The molecule has 1 aromatic heterocycles. The first-order valence-corrected chi connectivity index (χ1v) is 10.7. The van der Waals surface area contributed by atoms with E-state index in [2.05, 4.69) is 11.1 Å². The van der Waals surface area contributed by atoms with Gasteiger partial charge in [-0.05, 0) is 12.5 Å². The molecule has 1 aromatic carbocycles. The van der Waals surface area contributed by atoms with Crippen LogP contribution >= 0.6 is 11.3 Å². The Bertz CT molecular complexity index is 989. The van der Waals surface area contributed by atoms with E-state index in [0.29, 0.717) is 19.6 Å². The topological polar surface area (TPSA) is 62.7 Å². The Labute approximate surface area is 173 Å². The van der Waals surface area contributed by atoms with Gasteiger partial charge in [-0.2, -0.15) is 0 Å². The summed E-state index contributed by atoms with van der Waals surface area (Å²) in [6, 6.07) is 8.18. The van der Waals surface area contributed by atoms with Gasteiger partial charge in [0.05, 0.1) is 31.0 Å². The highest BCUT2D eigenvalue weighted by Crippen LogP contribution is 2.52. The average Bonchev–Trinajstić information content (AvgIpc) is 3.45. The van der Waals surface area contributed by atoms with Crippen molar-refractivity contribution in [2.45, 2.75) is 31.7 Å². The van der Waals surface area contributed by atoms with Gasteiger partial charge in [-0.15, -0.1) is 11.3 Å². The smallest absolute Gasteiger partial charge is 0.230 e. The van der Waals surface area contributed by atoms with E-state index in [-0.39, 0.29) is 17.9 Å². The van der Waals surface area contributed by atoms with Crippen molar-refractivity contribution in [2.24, 2.45) is 11.8 Å². The van der Waals surface area contributed by atoms with Gasteiger partial charge in [0.25, 0.3) is 0 Å². The standard InChI is InChI=1S/C22H23N3O3S/c1-14-4-3-5-15(10-14)11-25-13-22-7-6-16(28-22)18(19(22)21(25)27)20(26)24(2)12-17-23-8-9-29-17/h3-10,16,18-19H,11-13H2,1-2H3/t16-,18?,19?,22-/m0/s1. The van der Waals surface area contributed by atoms with Crippen LogP contribution in [0.4, 0.5) is 0 Å². The van der Waals surface area contributed by atoms with E-state index < -0.39 is 17.4 Å². The van der Waals surface area contributed by atoms with E-state index in [1.165, 1.54) is 16.9 Å². The van der Waals surface area contributed by atoms with Crippen molar-refractivity contribution in [3.05, 3.63) is 64.1 Å². The molecule has 0 aliphatic carbocycles. The molecule has 2 bridgehead atoms. The van der Waals surface area contributed by atoms with Gasteiger partial charge in [-0.25, -0.2) is 4.98 Å². The Morgan fingerprint density at radius 1 is 1.45 bits per heavy atom. The summed E-state index contributed by atoms with van der Waals surface area (Å²) in [5.74, 6) is -0.958. The molecule has 7 heteroatoms. The summed E-state index contributed by atoms with van der Waals surface area (Å²) in [6.07, 6.45) is 5.37. The average molecular weight is 410 g/mol. The van der Waals surface area contributed by atoms with Gasteiger partial charge >= 0.3 is 0 Å². The Morgan fingerprint density at radius 2 is 2.31 bits per heavy atom. The molecular weight excluding hydrogens is 386 g/mol. The van der Waals surface area contributed by atoms with E-state index in [0.717, 1.165) is 10.6 Å². The molecule has 0 N–H and O–H groups in total. The number of amides is 2. The number of ether oxygens (including phenoxy) is 1. The molecule has 2 aromatic rings. The van der Waals surface area contributed by atoms with Crippen molar-refractivity contribution in [3.63, 3.8) is 0 Å². The SMILES string of the molecule is Cc1cccc(CN2C[C@]34C=C[C@H](O3)C(C(=O)N(C)Cc3nccs3)C4C2=O)c1. The normalized spacial score (nSPS) is 29.5. The van der Waals surface area contributed by atoms with Crippen LogP contribution in [-0.2, 0) is 27.4 Å². The highest BCUT2D eigenvalue weighted by Gasteiger charge is 2.67. The third-order valence-electron chi connectivity index (χ3n) is 6.15. The number of aryl methyl sites for hydroxylation is 1. The molecule has 2 amide bonds. The van der Waals surface area contributed by atoms with Crippen LogP contribution in [0.25, 0.3) is 0 Å². The molecule has 4 heterocycles. The zero-order valence-corrected chi connectivity index (χ0v) is 17.3. The number of aromatic nitrogens is 1. The summed E-state index contributed by atoms with van der Waals surface area (Å²) in [5, 5.41) is 2.78. The van der Waals surface area contributed by atoms with Crippen molar-refractivity contribution in [1.82, 2.24) is 14.8 Å². The Balaban J connectivity index is 1.37. The van der Waals surface area contributed by atoms with E-state index in [9.17, 15) is 9.59 Å². The molecule has 6 nitrogen and oxygen atoms in total. The fourth-order valence-electron chi connectivity index (χ4n) is 4.89. The van der Waals surface area contributed by atoms with Crippen molar-refractivity contribution < 1.29 is 14.3 Å². The lowest BCUT2D eigenvalue weighted by Gasteiger charge is -2.27. The second-order valence-corrected chi connectivity index (χ2v) is 9.18. The van der Waals surface area contributed by atoms with Crippen molar-refractivity contribution in [1.29, 1.82) is 0 Å². The summed E-state index contributed by atoms with van der Waals surface area (Å²) in [4.78, 5) is 34.4. The molecule has 0 saturated carbocycles. The molecule has 2 fully saturated rings. The number of carbonyl (C=O) groups excluding carboxylic acids is 2. The molecule has 4 atom stereocenters. The predicted octanol–water partition coefficient (Wildman–Crippen LogP) is 2.39. The van der Waals surface area contributed by atoms with Crippen LogP contribution in [0.2, 0.25) is 0 Å². The molecule has 1 spiro atoms. The number of nitrogens with zero attached hydrogens (tertiary/aromatic N) is 3. The Kier molecular flexibility index (Phi) is 4.33. The molecule has 3 aliphatic heterocycles. The molecule has 29 heavy (non-hydrogen) atoms. The fourth-order valence-corrected chi connectivity index (χ4v) is 5.56. The molecule has 2 saturated heterocycles. The monoisotopic (exact) mass is 409 g/mol. The number of fused-ring (bicyclic) bond motifs is 1. The lowest BCUT2D eigenvalue weighted by atomic mass is 9.76. The molecule has 3 aliphatic rings. The maximum absolute atomic E-state index is 13.3. The third-order valence-corrected chi connectivity index (χ3v) is 6.92. The zero-order chi connectivity index (χ0) is 20.2. The molecule has 150 valence electrons. The zero-order valence-electron chi connectivity index (χ0n) is 16.4. The van der Waals surface area contributed by atoms with E-state index in [1.54, 1.807) is 18.1 Å². The van der Waals surface area contributed by atoms with Crippen molar-refractivity contribution in [3.8, 4) is 0 Å². The highest BCUT2D eigenvalue weighted by atomic mass is 32.1. The van der Waals surface area contributed by atoms with Crippen LogP contribution in [0.15, 0.2) is 48.0 Å². The van der Waals surface area contributed by atoms with Crippen molar-refractivity contribution >= 4 is 23.2 Å². The maximum Gasteiger partial charge on any atom is 0.230 e. The Hall–Kier alpha value is -2.51. The van der Waals surface area contributed by atoms with Crippen LogP contribution in [-0.4, -0.2) is 51.9 Å². The second-order valence-electron chi connectivity index (χ2n) is 8.20. The second kappa shape index (κ2) is 6.78. The van der Waals surface area contributed by atoms with Crippen LogP contribution in [0.3, 0.4) is 0 Å². The van der Waals surface area contributed by atoms with Gasteiger partial charge in [-0.1, -0.05) is 42.0 Å². The summed E-state index contributed by atoms with van der Waals surface area (Å²) in [6.45, 7) is 3.53. The molecular formula is C22H23N3O3S. The first kappa shape index (κ1) is 18.5. The number of likely N-dealkylation sites (tertiary alicyclic amines) is 1. The quantitative estimate of drug-likeness (QED) is 0.712. The van der Waals surface area contributed by atoms with Gasteiger partial charge in [0.1, 0.15) is 10.6 Å². The minimum absolute atomic E-state index is 0.0133. The maximum atomic E-state index is 13.3. The number of hydrogen-bond donors (Lipinski definition) is 0. The van der Waals surface area contributed by atoms with Gasteiger partial charge in [0, 0.05) is 25.2 Å². The van der Waals surface area contributed by atoms with E-state index in [4.69, 9.17) is 4.74 Å². The van der Waals surface area contributed by atoms with Gasteiger partial charge < -0.3 is 14.5 Å². The highest BCUT2D eigenvalue weighted by molar-refractivity contribution is 7.09. The number of hydrogen-bond acceptors (Lipinski definition) is 5. The van der Waals surface area contributed by atoms with Gasteiger partial charge in [0.15, 0.2) is 0 Å². The first-order valence-electron chi connectivity index (χ1n) is 9.82. The summed E-state index contributed by atoms with van der Waals surface area (Å²) >= 11 is 1.52. The van der Waals surface area contributed by atoms with Gasteiger partial charge in [0.2, 0.25) is 11.8 Å². The Morgan fingerprint density at radius 3 is 3.07 bits per heavy atom. The summed E-state index contributed by atoms with van der Waals surface area (Å²) in [7, 11) is 1.77. The van der Waals surface area contributed by atoms with Crippen LogP contribution in [0, 0.1) is 18.8 Å². The van der Waals surface area contributed by atoms with Crippen molar-refractivity contribution in [2.75, 3.05) is 13.6 Å². The molecule has 2 unspecified atom stereocenters. The van der Waals surface area contributed by atoms with Crippen LogP contribution in [0.5, 0.6) is 0 Å². The fraction of sp³-hybridized carbons (Fsp3) is 0.409. The summed E-state index contributed by atoms with van der Waals surface area (Å²) < 4.78 is 6.23. The van der Waals surface area contributed by atoms with Gasteiger partial charge in [-0.3, -0.25) is 9.59 Å². The third kappa shape index (κ3) is 3.00. The lowest BCUT2D eigenvalue weighted by Crippen LogP contribution is -2.44. The van der Waals surface area contributed by atoms with Crippen LogP contribution < -0.4 is 0 Å². The molecule has 0 radical (unpaired) electrons. The summed E-state index contributed by atoms with van der Waals surface area (Å²) in [5.41, 5.74) is 1.59. The molecule has 5 rings (SSSR count). The van der Waals surface area contributed by atoms with Crippen LogP contribution in [0.1, 0.15) is 16.1 Å². The van der Waals surface area contributed by atoms with E-state index in [1.807, 2.05) is 47.6 Å². The predicted molar refractivity (Wildman–Crippen MR) is 109 cm³/mol.